The number of rotatable bonds is 18. The van der Waals surface area contributed by atoms with E-state index in [1.54, 1.807) is 0 Å². The largest absolute Gasteiger partial charge is 0.356 e. The summed E-state index contributed by atoms with van der Waals surface area (Å²) in [6, 6.07) is 0. The number of nitrogens with zero attached hydrogens (tertiary/aromatic N) is 1. The van der Waals surface area contributed by atoms with Gasteiger partial charge in [-0.25, -0.2) is 0 Å². The predicted octanol–water partition coefficient (Wildman–Crippen LogP) is 4.20. The normalized spacial score (nSPS) is 11.6. The standard InChI is InChI=1S/C23H43N3O2/c1-4-6-8-10-12-16-22(27)24-18-14-20-26(3)21-15-19-25-23(28)17-13-11-9-7-5-2/h8-11H,4-7,12-21H2,1-3H3,(H,24,27)(H,25,28)/b10-8+,11-9+. The summed E-state index contributed by atoms with van der Waals surface area (Å²) in [5.74, 6) is 0.270. The molecule has 5 nitrogen and oxygen atoms in total. The lowest BCUT2D eigenvalue weighted by atomic mass is 10.2. The van der Waals surface area contributed by atoms with E-state index in [2.05, 4.69) is 60.7 Å². The van der Waals surface area contributed by atoms with Gasteiger partial charge in [0.05, 0.1) is 0 Å². The van der Waals surface area contributed by atoms with Gasteiger partial charge in [-0.1, -0.05) is 51.0 Å². The van der Waals surface area contributed by atoms with Gasteiger partial charge >= 0.3 is 0 Å². The van der Waals surface area contributed by atoms with E-state index >= 15 is 0 Å². The van der Waals surface area contributed by atoms with Crippen LogP contribution in [0.25, 0.3) is 0 Å². The summed E-state index contributed by atoms with van der Waals surface area (Å²) >= 11 is 0. The molecule has 0 aliphatic rings. The second kappa shape index (κ2) is 20.1. The highest BCUT2D eigenvalue weighted by Gasteiger charge is 2.02. The molecule has 0 bridgehead atoms. The van der Waals surface area contributed by atoms with Crippen molar-refractivity contribution in [1.29, 1.82) is 0 Å². The van der Waals surface area contributed by atoms with Crippen LogP contribution in [0.5, 0.6) is 0 Å². The van der Waals surface area contributed by atoms with Crippen molar-refractivity contribution < 1.29 is 9.59 Å². The summed E-state index contributed by atoms with van der Waals surface area (Å²) in [5, 5.41) is 5.96. The molecule has 0 atom stereocenters. The molecule has 0 aromatic heterocycles. The lowest BCUT2D eigenvalue weighted by Gasteiger charge is -2.16. The monoisotopic (exact) mass is 393 g/mol. The van der Waals surface area contributed by atoms with Gasteiger partial charge in [0.1, 0.15) is 0 Å². The molecule has 0 unspecified atom stereocenters. The Balaban J connectivity index is 3.51. The van der Waals surface area contributed by atoms with E-state index in [4.69, 9.17) is 0 Å². The van der Waals surface area contributed by atoms with Gasteiger partial charge < -0.3 is 15.5 Å². The van der Waals surface area contributed by atoms with Crippen LogP contribution in [0, 0.1) is 0 Å². The Labute approximate surface area is 173 Å². The molecule has 0 heterocycles. The van der Waals surface area contributed by atoms with Crippen LogP contribution in [0.3, 0.4) is 0 Å². The van der Waals surface area contributed by atoms with Crippen molar-refractivity contribution in [2.75, 3.05) is 33.2 Å². The lowest BCUT2D eigenvalue weighted by molar-refractivity contribution is -0.121. The van der Waals surface area contributed by atoms with Crippen molar-refractivity contribution in [3.05, 3.63) is 24.3 Å². The lowest BCUT2D eigenvalue weighted by Crippen LogP contribution is -2.30. The second-order valence-corrected chi connectivity index (χ2v) is 7.31. The van der Waals surface area contributed by atoms with E-state index in [0.717, 1.165) is 77.5 Å². The minimum Gasteiger partial charge on any atom is -0.356 e. The minimum atomic E-state index is 0.135. The summed E-state index contributed by atoms with van der Waals surface area (Å²) in [6.07, 6.45) is 17.7. The number of carbonyl (C=O) groups excluding carboxylic acids is 2. The first-order chi connectivity index (χ1) is 13.6. The Kier molecular flexibility index (Phi) is 19.0. The number of amides is 2. The van der Waals surface area contributed by atoms with Crippen molar-refractivity contribution in [2.45, 2.75) is 78.1 Å². The SMILES string of the molecule is CCC/C=C/CCC(=O)NCCCN(C)CCCNC(=O)CC/C=C/CCC. The molecule has 0 aliphatic carbocycles. The first kappa shape index (κ1) is 26.4. The Morgan fingerprint density at radius 1 is 0.714 bits per heavy atom. The second-order valence-electron chi connectivity index (χ2n) is 7.31. The average molecular weight is 394 g/mol. The van der Waals surface area contributed by atoms with E-state index in [0.29, 0.717) is 12.8 Å². The molecule has 0 saturated heterocycles. The van der Waals surface area contributed by atoms with E-state index in [1.807, 2.05) is 0 Å². The van der Waals surface area contributed by atoms with Gasteiger partial charge in [-0.3, -0.25) is 9.59 Å². The van der Waals surface area contributed by atoms with Crippen molar-refractivity contribution in [3.63, 3.8) is 0 Å². The molecule has 0 aromatic rings. The maximum Gasteiger partial charge on any atom is 0.220 e. The first-order valence-electron chi connectivity index (χ1n) is 11.1. The van der Waals surface area contributed by atoms with Crippen molar-refractivity contribution in [1.82, 2.24) is 15.5 Å². The van der Waals surface area contributed by atoms with Crippen LogP contribution in [0.15, 0.2) is 24.3 Å². The number of hydrogen-bond donors (Lipinski definition) is 2. The molecule has 0 rings (SSSR count). The highest BCUT2D eigenvalue weighted by atomic mass is 16.2. The molecular weight excluding hydrogens is 350 g/mol. The smallest absolute Gasteiger partial charge is 0.220 e. The maximum atomic E-state index is 11.7. The number of carbonyl (C=O) groups is 2. The summed E-state index contributed by atoms with van der Waals surface area (Å²) in [7, 11) is 2.08. The van der Waals surface area contributed by atoms with Gasteiger partial charge in [-0.05, 0) is 58.7 Å². The quantitative estimate of drug-likeness (QED) is 0.271. The molecule has 0 spiro atoms. The molecular formula is C23H43N3O2. The number of hydrogen-bond acceptors (Lipinski definition) is 3. The summed E-state index contributed by atoms with van der Waals surface area (Å²) in [6.45, 7) is 7.66. The van der Waals surface area contributed by atoms with Crippen molar-refractivity contribution in [2.24, 2.45) is 0 Å². The highest BCUT2D eigenvalue weighted by Crippen LogP contribution is 1.97. The number of unbranched alkanes of at least 4 members (excludes halogenated alkanes) is 2. The highest BCUT2D eigenvalue weighted by molar-refractivity contribution is 5.76. The van der Waals surface area contributed by atoms with Crippen LogP contribution in [0.1, 0.15) is 78.1 Å². The fourth-order valence-corrected chi connectivity index (χ4v) is 2.68. The average Bonchev–Trinajstić information content (AvgIpc) is 2.68. The fourth-order valence-electron chi connectivity index (χ4n) is 2.68. The Morgan fingerprint density at radius 2 is 1.11 bits per heavy atom. The molecule has 162 valence electrons. The van der Waals surface area contributed by atoms with E-state index in [-0.39, 0.29) is 11.8 Å². The molecule has 2 amide bonds. The van der Waals surface area contributed by atoms with Crippen LogP contribution in [0.2, 0.25) is 0 Å². The number of nitrogens with one attached hydrogen (secondary N) is 2. The first-order valence-corrected chi connectivity index (χ1v) is 11.1. The Morgan fingerprint density at radius 3 is 1.50 bits per heavy atom. The van der Waals surface area contributed by atoms with Gasteiger partial charge in [0.25, 0.3) is 0 Å². The van der Waals surface area contributed by atoms with Gasteiger partial charge in [0, 0.05) is 25.9 Å². The summed E-state index contributed by atoms with van der Waals surface area (Å²) in [5.41, 5.74) is 0. The molecule has 28 heavy (non-hydrogen) atoms. The van der Waals surface area contributed by atoms with Crippen LogP contribution in [-0.4, -0.2) is 49.9 Å². The van der Waals surface area contributed by atoms with E-state index < -0.39 is 0 Å². The molecule has 0 aliphatic heterocycles. The molecule has 0 fully saturated rings. The third kappa shape index (κ3) is 19.2. The zero-order chi connectivity index (χ0) is 20.9. The molecule has 2 N–H and O–H groups in total. The Hall–Kier alpha value is -1.62. The Bertz CT molecular complexity index is 407. The van der Waals surface area contributed by atoms with Crippen LogP contribution in [-0.2, 0) is 9.59 Å². The van der Waals surface area contributed by atoms with Gasteiger partial charge in [0.15, 0.2) is 0 Å². The molecule has 0 saturated carbocycles. The summed E-state index contributed by atoms with van der Waals surface area (Å²) in [4.78, 5) is 25.7. The molecule has 5 heteroatoms. The summed E-state index contributed by atoms with van der Waals surface area (Å²) < 4.78 is 0. The van der Waals surface area contributed by atoms with Crippen molar-refractivity contribution >= 4 is 11.8 Å². The van der Waals surface area contributed by atoms with Gasteiger partial charge in [-0.2, -0.15) is 0 Å². The maximum absolute atomic E-state index is 11.7. The number of allylic oxidation sites excluding steroid dienone is 4. The third-order valence-corrected chi connectivity index (χ3v) is 4.40. The van der Waals surface area contributed by atoms with Crippen molar-refractivity contribution in [3.8, 4) is 0 Å². The third-order valence-electron chi connectivity index (χ3n) is 4.40. The van der Waals surface area contributed by atoms with Crippen LogP contribution in [0.4, 0.5) is 0 Å². The van der Waals surface area contributed by atoms with Crippen LogP contribution >= 0.6 is 0 Å². The van der Waals surface area contributed by atoms with Gasteiger partial charge in [0.2, 0.25) is 11.8 Å². The van der Waals surface area contributed by atoms with Gasteiger partial charge in [-0.15, -0.1) is 0 Å². The zero-order valence-corrected chi connectivity index (χ0v) is 18.5. The predicted molar refractivity (Wildman–Crippen MR) is 119 cm³/mol. The fraction of sp³-hybridized carbons (Fsp3) is 0.739. The van der Waals surface area contributed by atoms with Crippen LogP contribution < -0.4 is 10.6 Å². The topological polar surface area (TPSA) is 61.4 Å². The van der Waals surface area contributed by atoms with E-state index in [9.17, 15) is 9.59 Å². The van der Waals surface area contributed by atoms with E-state index in [1.165, 1.54) is 0 Å². The molecule has 0 radical (unpaired) electrons. The minimum absolute atomic E-state index is 0.135. The molecule has 0 aromatic carbocycles. The zero-order valence-electron chi connectivity index (χ0n) is 18.5.